The lowest BCUT2D eigenvalue weighted by molar-refractivity contribution is 1.04. The second-order valence-electron chi connectivity index (χ2n) is 7.61. The molecule has 5 nitrogen and oxygen atoms in total. The fourth-order valence-electron chi connectivity index (χ4n) is 3.89. The first-order valence-electron chi connectivity index (χ1n) is 10.00. The van der Waals surface area contributed by atoms with Gasteiger partial charge in [0, 0.05) is 17.8 Å². The van der Waals surface area contributed by atoms with Crippen molar-refractivity contribution in [1.29, 1.82) is 0 Å². The van der Waals surface area contributed by atoms with E-state index in [2.05, 4.69) is 32.9 Å². The number of pyridine rings is 2. The molecule has 0 aliphatic carbocycles. The van der Waals surface area contributed by atoms with E-state index in [0.717, 1.165) is 39.2 Å². The molecular formula is C25H22N4O. The fraction of sp³-hybridized carbons (Fsp3) is 0.120. The number of fused-ring (bicyclic) bond motifs is 2. The van der Waals surface area contributed by atoms with Gasteiger partial charge in [-0.3, -0.25) is 9.20 Å². The third-order valence-electron chi connectivity index (χ3n) is 5.40. The highest BCUT2D eigenvalue weighted by Crippen LogP contribution is 2.30. The van der Waals surface area contributed by atoms with E-state index in [1.807, 2.05) is 68.4 Å². The second kappa shape index (κ2) is 7.19. The minimum Gasteiger partial charge on any atom is -0.365 e. The third-order valence-corrected chi connectivity index (χ3v) is 5.40. The smallest absolute Gasteiger partial charge is 0.258 e. The Kier molecular flexibility index (Phi) is 4.36. The van der Waals surface area contributed by atoms with Crippen LogP contribution in [-0.4, -0.2) is 14.4 Å². The van der Waals surface area contributed by atoms with Crippen LogP contribution in [-0.2, 0) is 6.54 Å². The molecule has 3 aromatic heterocycles. The third kappa shape index (κ3) is 3.14. The number of aryl methyl sites for hydroxylation is 2. The van der Waals surface area contributed by atoms with Crippen LogP contribution in [0.1, 0.15) is 16.8 Å². The van der Waals surface area contributed by atoms with E-state index in [1.165, 1.54) is 0 Å². The lowest BCUT2D eigenvalue weighted by Crippen LogP contribution is -2.11. The van der Waals surface area contributed by atoms with Crippen molar-refractivity contribution in [2.45, 2.75) is 20.4 Å². The lowest BCUT2D eigenvalue weighted by atomic mass is 10.1. The van der Waals surface area contributed by atoms with E-state index in [4.69, 9.17) is 4.98 Å². The van der Waals surface area contributed by atoms with Gasteiger partial charge in [0.25, 0.3) is 5.56 Å². The molecule has 0 saturated heterocycles. The highest BCUT2D eigenvalue weighted by Gasteiger charge is 2.18. The topological polar surface area (TPSA) is 62.2 Å². The van der Waals surface area contributed by atoms with Crippen LogP contribution in [0.5, 0.6) is 0 Å². The highest BCUT2D eigenvalue weighted by atomic mass is 16.1. The summed E-state index contributed by atoms with van der Waals surface area (Å²) in [5.41, 5.74) is 6.07. The summed E-state index contributed by atoms with van der Waals surface area (Å²) in [6.45, 7) is 4.73. The number of benzene rings is 2. The molecule has 0 unspecified atom stereocenters. The van der Waals surface area contributed by atoms with Gasteiger partial charge in [0.1, 0.15) is 17.2 Å². The molecule has 148 valence electrons. The first-order chi connectivity index (χ1) is 14.6. The normalized spacial score (nSPS) is 11.3. The summed E-state index contributed by atoms with van der Waals surface area (Å²) in [6.07, 6.45) is 0. The number of anilines is 1. The fourth-order valence-corrected chi connectivity index (χ4v) is 3.89. The molecule has 3 heterocycles. The quantitative estimate of drug-likeness (QED) is 0.447. The Morgan fingerprint density at radius 1 is 0.967 bits per heavy atom. The zero-order valence-electron chi connectivity index (χ0n) is 16.9. The van der Waals surface area contributed by atoms with Gasteiger partial charge in [-0.25, -0.2) is 4.98 Å². The number of hydrogen-bond donors (Lipinski definition) is 2. The summed E-state index contributed by atoms with van der Waals surface area (Å²) in [7, 11) is 0. The van der Waals surface area contributed by atoms with Crippen LogP contribution in [0.15, 0.2) is 77.6 Å². The van der Waals surface area contributed by atoms with Crippen LogP contribution in [0.25, 0.3) is 27.8 Å². The monoisotopic (exact) mass is 394 g/mol. The molecule has 0 saturated carbocycles. The minimum absolute atomic E-state index is 0.143. The molecule has 5 rings (SSSR count). The SMILES string of the molecule is Cc1ccc2[nH]c(=O)c(-c3nc4cccc(C)n4c3NCc3ccccc3)cc2c1. The molecule has 30 heavy (non-hydrogen) atoms. The van der Waals surface area contributed by atoms with Crippen molar-refractivity contribution in [1.82, 2.24) is 14.4 Å². The van der Waals surface area contributed by atoms with Crippen molar-refractivity contribution in [3.63, 3.8) is 0 Å². The molecule has 0 radical (unpaired) electrons. The molecule has 0 bridgehead atoms. The Morgan fingerprint density at radius 3 is 2.63 bits per heavy atom. The number of imidazole rings is 1. The largest absolute Gasteiger partial charge is 0.365 e. The maximum absolute atomic E-state index is 13.0. The second-order valence-corrected chi connectivity index (χ2v) is 7.61. The first-order valence-corrected chi connectivity index (χ1v) is 10.00. The van der Waals surface area contributed by atoms with Crippen LogP contribution in [0.3, 0.4) is 0 Å². The molecule has 0 spiro atoms. The van der Waals surface area contributed by atoms with Gasteiger partial charge in [0.05, 0.1) is 5.56 Å². The van der Waals surface area contributed by atoms with Gasteiger partial charge in [-0.05, 0) is 55.1 Å². The van der Waals surface area contributed by atoms with E-state index in [1.54, 1.807) is 0 Å². The van der Waals surface area contributed by atoms with E-state index in [-0.39, 0.29) is 5.56 Å². The van der Waals surface area contributed by atoms with Crippen molar-refractivity contribution in [3.05, 3.63) is 100.0 Å². The summed E-state index contributed by atoms with van der Waals surface area (Å²) in [5.74, 6) is 0.824. The van der Waals surface area contributed by atoms with Gasteiger partial charge in [0.2, 0.25) is 0 Å². The zero-order valence-corrected chi connectivity index (χ0v) is 16.9. The number of rotatable bonds is 4. The van der Waals surface area contributed by atoms with Gasteiger partial charge < -0.3 is 10.3 Å². The van der Waals surface area contributed by atoms with Crippen LogP contribution in [0.4, 0.5) is 5.82 Å². The maximum Gasteiger partial charge on any atom is 0.258 e. The van der Waals surface area contributed by atoms with Crippen LogP contribution < -0.4 is 10.9 Å². The average Bonchev–Trinajstić information content (AvgIpc) is 3.12. The summed E-state index contributed by atoms with van der Waals surface area (Å²) in [5, 5.41) is 4.52. The Bertz CT molecular complexity index is 1430. The summed E-state index contributed by atoms with van der Waals surface area (Å²) in [4.78, 5) is 20.8. The maximum atomic E-state index is 13.0. The predicted octanol–water partition coefficient (Wildman–Crippen LogP) is 5.07. The van der Waals surface area contributed by atoms with E-state index in [9.17, 15) is 4.79 Å². The minimum atomic E-state index is -0.143. The van der Waals surface area contributed by atoms with Crippen molar-refractivity contribution in [2.75, 3.05) is 5.32 Å². The van der Waals surface area contributed by atoms with Crippen molar-refractivity contribution in [3.8, 4) is 11.3 Å². The number of aromatic amines is 1. The number of nitrogens with zero attached hydrogens (tertiary/aromatic N) is 2. The number of nitrogens with one attached hydrogen (secondary N) is 2. The zero-order chi connectivity index (χ0) is 20.7. The van der Waals surface area contributed by atoms with Crippen LogP contribution in [0, 0.1) is 13.8 Å². The number of aromatic nitrogens is 3. The Labute approximate surface area is 174 Å². The van der Waals surface area contributed by atoms with Crippen LogP contribution >= 0.6 is 0 Å². The van der Waals surface area contributed by atoms with Gasteiger partial charge in [-0.15, -0.1) is 0 Å². The lowest BCUT2D eigenvalue weighted by Gasteiger charge is -2.11. The number of hydrogen-bond acceptors (Lipinski definition) is 3. The summed E-state index contributed by atoms with van der Waals surface area (Å²) in [6, 6.07) is 24.1. The van der Waals surface area contributed by atoms with E-state index in [0.29, 0.717) is 17.8 Å². The van der Waals surface area contributed by atoms with Gasteiger partial charge in [0.15, 0.2) is 0 Å². The summed E-state index contributed by atoms with van der Waals surface area (Å²) >= 11 is 0. The van der Waals surface area contributed by atoms with Crippen LogP contribution in [0.2, 0.25) is 0 Å². The molecule has 0 aliphatic heterocycles. The van der Waals surface area contributed by atoms with Crippen molar-refractivity contribution >= 4 is 22.4 Å². The van der Waals surface area contributed by atoms with Gasteiger partial charge >= 0.3 is 0 Å². The molecule has 5 aromatic rings. The van der Waals surface area contributed by atoms with Gasteiger partial charge in [-0.2, -0.15) is 0 Å². The average molecular weight is 394 g/mol. The summed E-state index contributed by atoms with van der Waals surface area (Å²) < 4.78 is 2.07. The predicted molar refractivity (Wildman–Crippen MR) is 122 cm³/mol. The molecule has 0 amide bonds. The van der Waals surface area contributed by atoms with Crippen molar-refractivity contribution < 1.29 is 0 Å². The molecular weight excluding hydrogens is 372 g/mol. The Balaban J connectivity index is 1.71. The molecule has 2 aromatic carbocycles. The van der Waals surface area contributed by atoms with Gasteiger partial charge in [-0.1, -0.05) is 48.0 Å². The standard InChI is InChI=1S/C25H22N4O/c1-16-11-12-21-19(13-16)14-20(25(30)27-21)23-24(26-15-18-8-4-3-5-9-18)29-17(2)7-6-10-22(29)28-23/h3-14,26H,15H2,1-2H3,(H,27,30). The number of H-pyrrole nitrogens is 1. The molecule has 2 N–H and O–H groups in total. The molecule has 0 aliphatic rings. The molecule has 0 fully saturated rings. The van der Waals surface area contributed by atoms with E-state index < -0.39 is 0 Å². The highest BCUT2D eigenvalue weighted by molar-refractivity contribution is 5.86. The first kappa shape index (κ1) is 18.2. The molecule has 5 heteroatoms. The van der Waals surface area contributed by atoms with Crippen molar-refractivity contribution in [2.24, 2.45) is 0 Å². The Hall–Kier alpha value is -3.86. The molecule has 0 atom stereocenters. The Morgan fingerprint density at radius 2 is 1.80 bits per heavy atom. The van der Waals surface area contributed by atoms with E-state index >= 15 is 0 Å².